The Balaban J connectivity index is 3.15. The zero-order valence-corrected chi connectivity index (χ0v) is 10.2. The highest BCUT2D eigenvalue weighted by Gasteiger charge is 2.33. The van der Waals surface area contributed by atoms with Gasteiger partial charge in [0.2, 0.25) is 0 Å². The van der Waals surface area contributed by atoms with Gasteiger partial charge >= 0.3 is 6.18 Å². The van der Waals surface area contributed by atoms with Crippen molar-refractivity contribution in [2.45, 2.75) is 6.18 Å². The molecule has 0 unspecified atom stereocenters. The number of rotatable bonds is 1. The van der Waals surface area contributed by atoms with E-state index in [4.69, 9.17) is 0 Å². The van der Waals surface area contributed by atoms with E-state index in [1.807, 2.05) is 0 Å². The lowest BCUT2D eigenvalue weighted by Crippen LogP contribution is -2.21. The van der Waals surface area contributed by atoms with Gasteiger partial charge in [0.25, 0.3) is 5.91 Å². The van der Waals surface area contributed by atoms with E-state index in [-0.39, 0.29) is 15.9 Å². The molecule has 88 valence electrons. The number of hydrogen-bond acceptors (Lipinski definition) is 1. The monoisotopic (exact) mass is 295 g/mol. The average molecular weight is 296 g/mol. The number of halogens is 4. The molecule has 0 saturated carbocycles. The first-order valence-corrected chi connectivity index (χ1v) is 5.11. The summed E-state index contributed by atoms with van der Waals surface area (Å²) < 4.78 is 37.1. The van der Waals surface area contributed by atoms with Crippen LogP contribution in [0, 0.1) is 0 Å². The Morgan fingerprint density at radius 1 is 1.31 bits per heavy atom. The van der Waals surface area contributed by atoms with Gasteiger partial charge in [-0.25, -0.2) is 0 Å². The summed E-state index contributed by atoms with van der Waals surface area (Å²) in [7, 11) is 3.07. The van der Waals surface area contributed by atoms with Gasteiger partial charge < -0.3 is 4.90 Å². The molecule has 0 atom stereocenters. The number of amides is 1. The molecule has 1 aromatic carbocycles. The maximum atomic E-state index is 12.4. The molecule has 0 fully saturated rings. The lowest BCUT2D eigenvalue weighted by Gasteiger charge is -2.13. The number of carbonyl (C=O) groups is 1. The summed E-state index contributed by atoms with van der Waals surface area (Å²) in [5, 5.41) is 0. The van der Waals surface area contributed by atoms with Gasteiger partial charge in [0.1, 0.15) is 0 Å². The zero-order chi connectivity index (χ0) is 12.5. The highest BCUT2D eigenvalue weighted by molar-refractivity contribution is 9.10. The molecule has 2 nitrogen and oxygen atoms in total. The van der Waals surface area contributed by atoms with Crippen molar-refractivity contribution in [3.63, 3.8) is 0 Å². The summed E-state index contributed by atoms with van der Waals surface area (Å²) in [6.45, 7) is 0. The summed E-state index contributed by atoms with van der Waals surface area (Å²) in [6.07, 6.45) is -4.42. The zero-order valence-electron chi connectivity index (χ0n) is 8.60. The second kappa shape index (κ2) is 4.45. The van der Waals surface area contributed by atoms with Gasteiger partial charge in [0.15, 0.2) is 0 Å². The largest absolute Gasteiger partial charge is 0.417 e. The standard InChI is InChI=1S/C10H9BrF3NO/c1-15(2)9(16)6-3-4-7(8(11)5-6)10(12,13)14/h3-5H,1-2H3. The molecule has 1 amide bonds. The highest BCUT2D eigenvalue weighted by Crippen LogP contribution is 2.35. The summed E-state index contributed by atoms with van der Waals surface area (Å²) >= 11 is 2.81. The second-order valence-electron chi connectivity index (χ2n) is 3.39. The molecular weight excluding hydrogens is 287 g/mol. The Morgan fingerprint density at radius 3 is 2.25 bits per heavy atom. The van der Waals surface area contributed by atoms with Gasteiger partial charge in [-0.3, -0.25) is 4.79 Å². The molecule has 16 heavy (non-hydrogen) atoms. The van der Waals surface area contributed by atoms with E-state index in [1.54, 1.807) is 0 Å². The van der Waals surface area contributed by atoms with Crippen molar-refractivity contribution in [3.05, 3.63) is 33.8 Å². The smallest absolute Gasteiger partial charge is 0.345 e. The normalized spacial score (nSPS) is 11.4. The predicted molar refractivity (Wildman–Crippen MR) is 57.2 cm³/mol. The van der Waals surface area contributed by atoms with E-state index in [1.165, 1.54) is 25.1 Å². The minimum atomic E-state index is -4.42. The van der Waals surface area contributed by atoms with Gasteiger partial charge in [0, 0.05) is 24.1 Å². The van der Waals surface area contributed by atoms with Crippen LogP contribution in [-0.2, 0) is 6.18 Å². The van der Waals surface area contributed by atoms with Crippen molar-refractivity contribution < 1.29 is 18.0 Å². The molecule has 0 aliphatic rings. The quantitative estimate of drug-likeness (QED) is 0.779. The van der Waals surface area contributed by atoms with Gasteiger partial charge in [-0.15, -0.1) is 0 Å². The molecule has 6 heteroatoms. The number of hydrogen-bond donors (Lipinski definition) is 0. The Labute approximate surface area is 99.2 Å². The van der Waals surface area contributed by atoms with Crippen LogP contribution in [0.4, 0.5) is 13.2 Å². The van der Waals surface area contributed by atoms with Crippen LogP contribution >= 0.6 is 15.9 Å². The van der Waals surface area contributed by atoms with Crippen LogP contribution in [0.5, 0.6) is 0 Å². The maximum Gasteiger partial charge on any atom is 0.417 e. The molecule has 0 spiro atoms. The third kappa shape index (κ3) is 2.75. The maximum absolute atomic E-state index is 12.4. The molecule has 0 aliphatic carbocycles. The van der Waals surface area contributed by atoms with Crippen LogP contribution in [0.15, 0.2) is 22.7 Å². The Bertz CT molecular complexity index is 415. The lowest BCUT2D eigenvalue weighted by molar-refractivity contribution is -0.138. The second-order valence-corrected chi connectivity index (χ2v) is 4.25. The van der Waals surface area contributed by atoms with Gasteiger partial charge in [0.05, 0.1) is 5.56 Å². The first kappa shape index (κ1) is 13.0. The number of nitrogens with zero attached hydrogens (tertiary/aromatic N) is 1. The Hall–Kier alpha value is -1.04. The highest BCUT2D eigenvalue weighted by atomic mass is 79.9. The van der Waals surface area contributed by atoms with Crippen LogP contribution in [0.3, 0.4) is 0 Å². The Morgan fingerprint density at radius 2 is 1.88 bits per heavy atom. The van der Waals surface area contributed by atoms with E-state index >= 15 is 0 Å². The fourth-order valence-electron chi connectivity index (χ4n) is 1.14. The van der Waals surface area contributed by atoms with Crippen molar-refractivity contribution in [1.29, 1.82) is 0 Å². The van der Waals surface area contributed by atoms with Crippen molar-refractivity contribution in [2.24, 2.45) is 0 Å². The Kier molecular flexibility index (Phi) is 3.62. The molecule has 0 bridgehead atoms. The first-order valence-electron chi connectivity index (χ1n) is 4.32. The molecule has 0 saturated heterocycles. The number of alkyl halides is 3. The molecule has 0 N–H and O–H groups in total. The minimum absolute atomic E-state index is 0.132. The summed E-state index contributed by atoms with van der Waals surface area (Å²) in [6, 6.07) is 3.22. The lowest BCUT2D eigenvalue weighted by atomic mass is 10.1. The van der Waals surface area contributed by atoms with Crippen LogP contribution in [0.1, 0.15) is 15.9 Å². The van der Waals surface area contributed by atoms with E-state index < -0.39 is 11.7 Å². The molecule has 0 heterocycles. The molecule has 1 aromatic rings. The van der Waals surface area contributed by atoms with Crippen LogP contribution in [-0.4, -0.2) is 24.9 Å². The van der Waals surface area contributed by atoms with Gasteiger partial charge in [-0.2, -0.15) is 13.2 Å². The fourth-order valence-corrected chi connectivity index (χ4v) is 1.74. The number of benzene rings is 1. The van der Waals surface area contributed by atoms with E-state index in [0.29, 0.717) is 0 Å². The van der Waals surface area contributed by atoms with Crippen molar-refractivity contribution in [3.8, 4) is 0 Å². The minimum Gasteiger partial charge on any atom is -0.345 e. The molecule has 0 aliphatic heterocycles. The predicted octanol–water partition coefficient (Wildman–Crippen LogP) is 3.17. The summed E-state index contributed by atoms with van der Waals surface area (Å²) in [5.74, 6) is -0.338. The van der Waals surface area contributed by atoms with E-state index in [2.05, 4.69) is 15.9 Å². The topological polar surface area (TPSA) is 20.3 Å². The van der Waals surface area contributed by atoms with Crippen LogP contribution < -0.4 is 0 Å². The first-order chi connectivity index (χ1) is 7.23. The molecule has 1 rings (SSSR count). The van der Waals surface area contributed by atoms with Crippen LogP contribution in [0.2, 0.25) is 0 Å². The molecule has 0 aromatic heterocycles. The number of carbonyl (C=O) groups excluding carboxylic acids is 1. The fraction of sp³-hybridized carbons (Fsp3) is 0.300. The van der Waals surface area contributed by atoms with Crippen molar-refractivity contribution in [1.82, 2.24) is 4.90 Å². The van der Waals surface area contributed by atoms with E-state index in [0.717, 1.165) is 12.1 Å². The summed E-state index contributed by atoms with van der Waals surface area (Å²) in [5.41, 5.74) is -0.576. The SMILES string of the molecule is CN(C)C(=O)c1ccc(C(F)(F)F)c(Br)c1. The molecular formula is C10H9BrF3NO. The van der Waals surface area contributed by atoms with Crippen molar-refractivity contribution >= 4 is 21.8 Å². The van der Waals surface area contributed by atoms with Gasteiger partial charge in [-0.1, -0.05) is 15.9 Å². The average Bonchev–Trinajstić information content (AvgIpc) is 2.14. The van der Waals surface area contributed by atoms with Gasteiger partial charge in [-0.05, 0) is 18.2 Å². The third-order valence-electron chi connectivity index (χ3n) is 1.93. The molecule has 0 radical (unpaired) electrons. The summed E-state index contributed by atoms with van der Waals surface area (Å²) in [4.78, 5) is 12.8. The van der Waals surface area contributed by atoms with Crippen molar-refractivity contribution in [2.75, 3.05) is 14.1 Å². The van der Waals surface area contributed by atoms with Crippen LogP contribution in [0.25, 0.3) is 0 Å². The van der Waals surface area contributed by atoms with E-state index in [9.17, 15) is 18.0 Å². The third-order valence-corrected chi connectivity index (χ3v) is 2.58.